The molecule has 0 amide bonds. The minimum absolute atomic E-state index is 0.210. The topological polar surface area (TPSA) is 59.3 Å². The molecule has 0 saturated carbocycles. The van der Waals surface area contributed by atoms with E-state index in [0.29, 0.717) is 6.54 Å². The summed E-state index contributed by atoms with van der Waals surface area (Å²) in [5.41, 5.74) is 0. The molecule has 1 rings (SSSR count). The molecule has 0 spiro atoms. The molecule has 0 saturated heterocycles. The molecule has 0 aliphatic carbocycles. The zero-order valence-electron chi connectivity index (χ0n) is 8.90. The summed E-state index contributed by atoms with van der Waals surface area (Å²) in [5.74, 6) is 1.34. The van der Waals surface area contributed by atoms with Crippen LogP contribution in [-0.4, -0.2) is 33.0 Å². The lowest BCUT2D eigenvalue weighted by Crippen LogP contribution is -2.25. The lowest BCUT2D eigenvalue weighted by molar-refractivity contribution is 0.501. The van der Waals surface area contributed by atoms with Crippen molar-refractivity contribution < 1.29 is 12.8 Å². The summed E-state index contributed by atoms with van der Waals surface area (Å²) in [5, 5.41) is 3.07. The number of hydrogen-bond acceptors (Lipinski definition) is 4. The Kier molecular flexibility index (Phi) is 4.84. The third-order valence-corrected chi connectivity index (χ3v) is 3.86. The van der Waals surface area contributed by atoms with E-state index >= 15 is 0 Å². The van der Waals surface area contributed by atoms with Crippen LogP contribution in [0.3, 0.4) is 0 Å². The summed E-state index contributed by atoms with van der Waals surface area (Å²) in [6.45, 7) is 2.92. The highest BCUT2D eigenvalue weighted by Crippen LogP contribution is 1.99. The fourth-order valence-corrected chi connectivity index (χ4v) is 1.91. The molecule has 0 aliphatic rings. The van der Waals surface area contributed by atoms with Crippen LogP contribution in [0.2, 0.25) is 0 Å². The molecule has 1 N–H and O–H groups in total. The number of sulfone groups is 1. The summed E-state index contributed by atoms with van der Waals surface area (Å²) in [6, 6.07) is 3.75. The highest BCUT2D eigenvalue weighted by molar-refractivity contribution is 7.91. The monoisotopic (exact) mass is 231 g/mol. The van der Waals surface area contributed by atoms with E-state index in [1.165, 1.54) is 0 Å². The van der Waals surface area contributed by atoms with Gasteiger partial charge in [0.05, 0.1) is 12.0 Å². The Morgan fingerprint density at radius 1 is 1.40 bits per heavy atom. The van der Waals surface area contributed by atoms with E-state index in [1.54, 1.807) is 13.2 Å². The van der Waals surface area contributed by atoms with E-state index in [1.807, 2.05) is 12.1 Å². The van der Waals surface area contributed by atoms with Crippen LogP contribution in [0.15, 0.2) is 22.8 Å². The molecule has 1 heterocycles. The van der Waals surface area contributed by atoms with Crippen LogP contribution in [-0.2, 0) is 16.3 Å². The van der Waals surface area contributed by atoms with Crippen molar-refractivity contribution in [1.29, 1.82) is 0 Å². The van der Waals surface area contributed by atoms with Gasteiger partial charge in [-0.05, 0) is 12.1 Å². The van der Waals surface area contributed by atoms with Gasteiger partial charge in [-0.3, -0.25) is 0 Å². The van der Waals surface area contributed by atoms with Crippen molar-refractivity contribution in [3.63, 3.8) is 0 Å². The molecule has 1 aromatic heterocycles. The fraction of sp³-hybridized carbons (Fsp3) is 0.600. The largest absolute Gasteiger partial charge is 0.469 e. The van der Waals surface area contributed by atoms with Gasteiger partial charge in [-0.15, -0.1) is 0 Å². The lowest BCUT2D eigenvalue weighted by Gasteiger charge is -2.03. The van der Waals surface area contributed by atoms with Crippen molar-refractivity contribution in [3.8, 4) is 0 Å². The van der Waals surface area contributed by atoms with Gasteiger partial charge in [0, 0.05) is 25.3 Å². The Morgan fingerprint density at radius 3 is 2.80 bits per heavy atom. The number of nitrogens with one attached hydrogen (secondary N) is 1. The van der Waals surface area contributed by atoms with Crippen molar-refractivity contribution >= 4 is 9.84 Å². The van der Waals surface area contributed by atoms with E-state index in [-0.39, 0.29) is 11.5 Å². The molecule has 0 radical (unpaired) electrons. The van der Waals surface area contributed by atoms with Crippen molar-refractivity contribution in [1.82, 2.24) is 5.32 Å². The van der Waals surface area contributed by atoms with Gasteiger partial charge in [-0.25, -0.2) is 8.42 Å². The molecule has 0 bridgehead atoms. The molecule has 0 atom stereocenters. The fourth-order valence-electron chi connectivity index (χ4n) is 1.16. The predicted molar refractivity (Wildman–Crippen MR) is 59.6 cm³/mol. The lowest BCUT2D eigenvalue weighted by atomic mass is 10.3. The SMILES string of the molecule is CCS(=O)(=O)CCNCCc1ccco1. The molecular formula is C10H17NO3S. The van der Waals surface area contributed by atoms with Crippen molar-refractivity contribution in [2.75, 3.05) is 24.6 Å². The maximum absolute atomic E-state index is 11.1. The molecule has 0 unspecified atom stereocenters. The first-order chi connectivity index (χ1) is 7.14. The number of hydrogen-bond donors (Lipinski definition) is 1. The standard InChI is InChI=1S/C10H17NO3S/c1-2-15(12,13)9-7-11-6-5-10-4-3-8-14-10/h3-4,8,11H,2,5-7,9H2,1H3. The van der Waals surface area contributed by atoms with Gasteiger partial charge in [-0.2, -0.15) is 0 Å². The maximum Gasteiger partial charge on any atom is 0.151 e. The highest BCUT2D eigenvalue weighted by Gasteiger charge is 2.05. The van der Waals surface area contributed by atoms with Crippen LogP contribution >= 0.6 is 0 Å². The van der Waals surface area contributed by atoms with Gasteiger partial charge >= 0.3 is 0 Å². The van der Waals surface area contributed by atoms with Crippen LogP contribution < -0.4 is 5.32 Å². The zero-order chi connectivity index (χ0) is 11.1. The maximum atomic E-state index is 11.1. The third kappa shape index (κ3) is 4.99. The normalized spacial score (nSPS) is 11.8. The second-order valence-electron chi connectivity index (χ2n) is 3.32. The van der Waals surface area contributed by atoms with Gasteiger partial charge in [0.15, 0.2) is 9.84 Å². The second-order valence-corrected chi connectivity index (χ2v) is 5.79. The minimum Gasteiger partial charge on any atom is -0.469 e. The summed E-state index contributed by atoms with van der Waals surface area (Å²) >= 11 is 0. The molecule has 86 valence electrons. The smallest absolute Gasteiger partial charge is 0.151 e. The first-order valence-corrected chi connectivity index (χ1v) is 6.89. The van der Waals surface area contributed by atoms with E-state index in [4.69, 9.17) is 4.42 Å². The summed E-state index contributed by atoms with van der Waals surface area (Å²) in [4.78, 5) is 0. The van der Waals surface area contributed by atoms with Crippen LogP contribution in [0, 0.1) is 0 Å². The van der Waals surface area contributed by atoms with Crippen molar-refractivity contribution in [2.24, 2.45) is 0 Å². The minimum atomic E-state index is -2.84. The first kappa shape index (κ1) is 12.3. The van der Waals surface area contributed by atoms with Gasteiger partial charge in [0.1, 0.15) is 5.76 Å². The second kappa shape index (κ2) is 5.92. The van der Waals surface area contributed by atoms with Gasteiger partial charge in [0.2, 0.25) is 0 Å². The van der Waals surface area contributed by atoms with Gasteiger partial charge in [0.25, 0.3) is 0 Å². The third-order valence-electron chi connectivity index (χ3n) is 2.16. The molecule has 15 heavy (non-hydrogen) atoms. The van der Waals surface area contributed by atoms with Crippen molar-refractivity contribution in [3.05, 3.63) is 24.2 Å². The quantitative estimate of drug-likeness (QED) is 0.707. The molecule has 0 aromatic carbocycles. The van der Waals surface area contributed by atoms with Gasteiger partial charge in [-0.1, -0.05) is 6.92 Å². The van der Waals surface area contributed by atoms with E-state index in [0.717, 1.165) is 18.7 Å². The highest BCUT2D eigenvalue weighted by atomic mass is 32.2. The average Bonchev–Trinajstić information content (AvgIpc) is 2.70. The number of rotatable bonds is 7. The predicted octanol–water partition coefficient (Wildman–Crippen LogP) is 0.846. The van der Waals surface area contributed by atoms with Gasteiger partial charge < -0.3 is 9.73 Å². The zero-order valence-corrected chi connectivity index (χ0v) is 9.72. The molecule has 5 heteroatoms. The molecule has 1 aromatic rings. The Morgan fingerprint density at radius 2 is 2.20 bits per heavy atom. The Hall–Kier alpha value is -0.810. The molecule has 0 fully saturated rings. The summed E-state index contributed by atoms with van der Waals surface area (Å²) in [6.07, 6.45) is 2.43. The van der Waals surface area contributed by atoms with Crippen LogP contribution in [0.5, 0.6) is 0 Å². The molecule has 4 nitrogen and oxygen atoms in total. The molecular weight excluding hydrogens is 214 g/mol. The number of furan rings is 1. The van der Waals surface area contributed by atoms with Crippen LogP contribution in [0.25, 0.3) is 0 Å². The van der Waals surface area contributed by atoms with E-state index in [2.05, 4.69) is 5.32 Å². The Balaban J connectivity index is 2.08. The van der Waals surface area contributed by atoms with Crippen LogP contribution in [0.4, 0.5) is 0 Å². The van der Waals surface area contributed by atoms with Crippen molar-refractivity contribution in [2.45, 2.75) is 13.3 Å². The first-order valence-electron chi connectivity index (χ1n) is 5.07. The van der Waals surface area contributed by atoms with E-state index < -0.39 is 9.84 Å². The van der Waals surface area contributed by atoms with Crippen LogP contribution in [0.1, 0.15) is 12.7 Å². The van der Waals surface area contributed by atoms with E-state index in [9.17, 15) is 8.42 Å². The summed E-state index contributed by atoms with van der Waals surface area (Å²) in [7, 11) is -2.84. The Bertz CT molecular complexity index is 356. The Labute approximate surface area is 90.6 Å². The molecule has 0 aliphatic heterocycles. The summed E-state index contributed by atoms with van der Waals surface area (Å²) < 4.78 is 27.4. The average molecular weight is 231 g/mol.